The van der Waals surface area contributed by atoms with Crippen LogP contribution >= 0.6 is 0 Å². The van der Waals surface area contributed by atoms with Gasteiger partial charge in [-0.25, -0.2) is 5.32 Å². The van der Waals surface area contributed by atoms with E-state index >= 15 is 0 Å². The van der Waals surface area contributed by atoms with Crippen LogP contribution in [0.3, 0.4) is 0 Å². The molecule has 0 bridgehead atoms. The maximum absolute atomic E-state index is 9.84. The van der Waals surface area contributed by atoms with Gasteiger partial charge in [-0.2, -0.15) is 0 Å². The lowest BCUT2D eigenvalue weighted by Gasteiger charge is -2.09. The van der Waals surface area contributed by atoms with Crippen molar-refractivity contribution < 1.29 is 4.79 Å². The largest absolute Gasteiger partial charge is 0.332 e. The summed E-state index contributed by atoms with van der Waals surface area (Å²) in [6.07, 6.45) is 9.48. The minimum Gasteiger partial charge on any atom is -0.261 e. The number of hydrogen-bond donors (Lipinski definition) is 0. The van der Waals surface area contributed by atoms with E-state index in [4.69, 9.17) is 0 Å². The Morgan fingerprint density at radius 2 is 1.82 bits per heavy atom. The summed E-state index contributed by atoms with van der Waals surface area (Å²) < 4.78 is 0. The lowest BCUT2D eigenvalue weighted by Crippen LogP contribution is -2.14. The Morgan fingerprint density at radius 3 is 2.36 bits per heavy atom. The molecular weight excluding hydrogens is 138 g/mol. The highest BCUT2D eigenvalue weighted by molar-refractivity contribution is 5.46. The second-order valence-corrected chi connectivity index (χ2v) is 3.29. The van der Waals surface area contributed by atoms with Crippen molar-refractivity contribution in [1.82, 2.24) is 5.32 Å². The number of carbonyl (C=O) groups excluding carboxylic acids is 1. The van der Waals surface area contributed by atoms with Gasteiger partial charge in [-0.15, -0.1) is 0 Å². The van der Waals surface area contributed by atoms with Gasteiger partial charge in [0.15, 0.2) is 0 Å². The molecule has 1 aliphatic rings. The van der Waals surface area contributed by atoms with Crippen molar-refractivity contribution in [2.75, 3.05) is 6.54 Å². The number of nitrogens with zero attached hydrogens (tertiary/aromatic N) is 1. The highest BCUT2D eigenvalue weighted by Crippen LogP contribution is 2.21. The van der Waals surface area contributed by atoms with E-state index in [0.29, 0.717) is 12.5 Å². The molecule has 11 heavy (non-hydrogen) atoms. The SMILES string of the molecule is O=[C][N]CC1CCCCCC1. The molecule has 0 aromatic heterocycles. The topological polar surface area (TPSA) is 31.2 Å². The average molecular weight is 153 g/mol. The molecule has 0 aliphatic heterocycles. The van der Waals surface area contributed by atoms with Crippen LogP contribution in [0.25, 0.3) is 0 Å². The van der Waals surface area contributed by atoms with Crippen LogP contribution in [0.2, 0.25) is 0 Å². The van der Waals surface area contributed by atoms with E-state index in [1.807, 2.05) is 0 Å². The smallest absolute Gasteiger partial charge is 0.261 e. The fourth-order valence-electron chi connectivity index (χ4n) is 1.71. The summed E-state index contributed by atoms with van der Waals surface area (Å²) in [5.74, 6) is 0.666. The van der Waals surface area contributed by atoms with E-state index in [1.54, 1.807) is 6.41 Å². The van der Waals surface area contributed by atoms with Gasteiger partial charge in [0, 0.05) is 6.54 Å². The molecule has 1 saturated carbocycles. The van der Waals surface area contributed by atoms with Gasteiger partial charge >= 0.3 is 6.41 Å². The van der Waals surface area contributed by atoms with E-state index < -0.39 is 0 Å². The fraction of sp³-hybridized carbons (Fsp3) is 0.889. The summed E-state index contributed by atoms with van der Waals surface area (Å²) in [6.45, 7) is 0.712. The molecule has 1 fully saturated rings. The molecule has 0 atom stereocenters. The van der Waals surface area contributed by atoms with Crippen molar-refractivity contribution >= 4 is 6.41 Å². The van der Waals surface area contributed by atoms with E-state index in [-0.39, 0.29) is 0 Å². The zero-order valence-electron chi connectivity index (χ0n) is 6.88. The summed E-state index contributed by atoms with van der Waals surface area (Å²) in [7, 11) is 0. The molecule has 0 spiro atoms. The molecule has 0 aromatic carbocycles. The second-order valence-electron chi connectivity index (χ2n) is 3.29. The summed E-state index contributed by atoms with van der Waals surface area (Å²) in [4.78, 5) is 9.84. The first-order chi connectivity index (χ1) is 5.43. The fourth-order valence-corrected chi connectivity index (χ4v) is 1.71. The Morgan fingerprint density at radius 1 is 1.18 bits per heavy atom. The second kappa shape index (κ2) is 5.16. The van der Waals surface area contributed by atoms with Gasteiger partial charge in [0.25, 0.3) is 0 Å². The number of rotatable bonds is 3. The lowest BCUT2D eigenvalue weighted by atomic mass is 10.0. The Hall–Kier alpha value is -0.530. The third-order valence-electron chi connectivity index (χ3n) is 2.39. The van der Waals surface area contributed by atoms with Crippen LogP contribution < -0.4 is 5.32 Å². The molecule has 1 amide bonds. The first-order valence-electron chi connectivity index (χ1n) is 4.47. The quantitative estimate of drug-likeness (QED) is 0.567. The molecule has 0 aromatic rings. The predicted octanol–water partition coefficient (Wildman–Crippen LogP) is 1.63. The monoisotopic (exact) mass is 153 g/mol. The molecule has 2 radical (unpaired) electrons. The third-order valence-corrected chi connectivity index (χ3v) is 2.39. The summed E-state index contributed by atoms with van der Waals surface area (Å²) in [5, 5.41) is 3.63. The molecule has 1 rings (SSSR count). The predicted molar refractivity (Wildman–Crippen MR) is 43.9 cm³/mol. The highest BCUT2D eigenvalue weighted by atomic mass is 16.1. The zero-order chi connectivity index (χ0) is 7.94. The molecule has 0 N–H and O–H groups in total. The average Bonchev–Trinajstić information content (AvgIpc) is 2.28. The summed E-state index contributed by atoms with van der Waals surface area (Å²) in [5.41, 5.74) is 0. The molecule has 0 unspecified atom stereocenters. The van der Waals surface area contributed by atoms with E-state index in [2.05, 4.69) is 5.32 Å². The molecular formula is C9H15NO. The third kappa shape index (κ3) is 3.40. The van der Waals surface area contributed by atoms with Gasteiger partial charge in [0.2, 0.25) is 0 Å². The first kappa shape index (κ1) is 8.57. The number of hydrogen-bond acceptors (Lipinski definition) is 1. The van der Waals surface area contributed by atoms with E-state index in [1.165, 1.54) is 38.5 Å². The Labute approximate surface area is 68.4 Å². The van der Waals surface area contributed by atoms with Crippen LogP contribution in [-0.4, -0.2) is 13.0 Å². The van der Waals surface area contributed by atoms with Crippen LogP contribution in [0.1, 0.15) is 38.5 Å². The molecule has 0 heterocycles. The lowest BCUT2D eigenvalue weighted by molar-refractivity contribution is 0.441. The van der Waals surface area contributed by atoms with E-state index in [9.17, 15) is 4.79 Å². The van der Waals surface area contributed by atoms with Crippen LogP contribution in [-0.2, 0) is 4.79 Å². The van der Waals surface area contributed by atoms with Crippen LogP contribution in [0.4, 0.5) is 0 Å². The Bertz CT molecular complexity index is 106. The van der Waals surface area contributed by atoms with Gasteiger partial charge in [0.05, 0.1) is 0 Å². The molecule has 62 valence electrons. The normalized spacial score (nSPS) is 20.7. The van der Waals surface area contributed by atoms with Crippen molar-refractivity contribution in [3.63, 3.8) is 0 Å². The Kier molecular flexibility index (Phi) is 4.02. The summed E-state index contributed by atoms with van der Waals surface area (Å²) >= 11 is 0. The van der Waals surface area contributed by atoms with Crippen molar-refractivity contribution in [1.29, 1.82) is 0 Å². The maximum Gasteiger partial charge on any atom is 0.332 e. The van der Waals surface area contributed by atoms with Gasteiger partial charge in [0.1, 0.15) is 0 Å². The van der Waals surface area contributed by atoms with Crippen LogP contribution in [0.5, 0.6) is 0 Å². The maximum atomic E-state index is 9.84. The van der Waals surface area contributed by atoms with Crippen molar-refractivity contribution in [3.05, 3.63) is 0 Å². The minimum atomic E-state index is 0.666. The standard InChI is InChI=1S/C9H15NO/c11-8-10-7-9-5-3-1-2-4-6-9/h9H,1-7H2. The van der Waals surface area contributed by atoms with Gasteiger partial charge in [-0.1, -0.05) is 25.7 Å². The molecule has 1 aliphatic carbocycles. The van der Waals surface area contributed by atoms with Gasteiger partial charge in [-0.05, 0) is 18.8 Å². The Balaban J connectivity index is 2.14. The van der Waals surface area contributed by atoms with Crippen LogP contribution in [0, 0.1) is 5.92 Å². The number of amides is 1. The minimum absolute atomic E-state index is 0.666. The summed E-state index contributed by atoms with van der Waals surface area (Å²) in [6, 6.07) is 0. The van der Waals surface area contributed by atoms with Crippen molar-refractivity contribution in [3.8, 4) is 0 Å². The zero-order valence-corrected chi connectivity index (χ0v) is 6.88. The van der Waals surface area contributed by atoms with Crippen LogP contribution in [0.15, 0.2) is 0 Å². The van der Waals surface area contributed by atoms with Gasteiger partial charge in [-0.3, -0.25) is 4.79 Å². The molecule has 0 saturated heterocycles. The molecule has 2 nitrogen and oxygen atoms in total. The highest BCUT2D eigenvalue weighted by Gasteiger charge is 2.11. The first-order valence-corrected chi connectivity index (χ1v) is 4.47. The van der Waals surface area contributed by atoms with E-state index in [0.717, 1.165) is 0 Å². The van der Waals surface area contributed by atoms with Crippen molar-refractivity contribution in [2.24, 2.45) is 5.92 Å². The van der Waals surface area contributed by atoms with Gasteiger partial charge < -0.3 is 0 Å². The van der Waals surface area contributed by atoms with Crippen molar-refractivity contribution in [2.45, 2.75) is 38.5 Å². The molecule has 2 heteroatoms.